The molecule has 2 aliphatic rings. The number of rotatable bonds is 3. The largest absolute Gasteiger partial charge is 0.480 e. The SMILES string of the molecule is O=C1NCCN(C(=O)NC2(C(=O)O)CCOCC2)C1c1cccc(F)c1. The van der Waals surface area contributed by atoms with Crippen LogP contribution in [0.5, 0.6) is 0 Å². The van der Waals surface area contributed by atoms with E-state index in [0.717, 1.165) is 0 Å². The number of nitrogens with one attached hydrogen (secondary N) is 2. The molecule has 26 heavy (non-hydrogen) atoms. The van der Waals surface area contributed by atoms with Gasteiger partial charge in [-0.1, -0.05) is 12.1 Å². The van der Waals surface area contributed by atoms with Crippen molar-refractivity contribution in [1.29, 1.82) is 0 Å². The third kappa shape index (κ3) is 3.48. The fourth-order valence-corrected chi connectivity index (χ4v) is 3.28. The van der Waals surface area contributed by atoms with Gasteiger partial charge in [-0.2, -0.15) is 0 Å². The van der Waals surface area contributed by atoms with Crippen LogP contribution in [0.15, 0.2) is 24.3 Å². The third-order valence-corrected chi connectivity index (χ3v) is 4.74. The number of nitrogens with zero attached hydrogens (tertiary/aromatic N) is 1. The van der Waals surface area contributed by atoms with Crippen molar-refractivity contribution in [2.45, 2.75) is 24.4 Å². The maximum atomic E-state index is 13.6. The Labute approximate surface area is 149 Å². The van der Waals surface area contributed by atoms with Gasteiger partial charge in [-0.25, -0.2) is 14.0 Å². The van der Waals surface area contributed by atoms with Crippen molar-refractivity contribution < 1.29 is 28.6 Å². The Balaban J connectivity index is 1.86. The maximum absolute atomic E-state index is 13.6. The Hall–Kier alpha value is -2.68. The molecule has 0 aliphatic carbocycles. The Morgan fingerprint density at radius 1 is 1.35 bits per heavy atom. The predicted octanol–water partition coefficient (Wildman–Crippen LogP) is 0.642. The minimum atomic E-state index is -1.43. The number of aliphatic carboxylic acids is 1. The summed E-state index contributed by atoms with van der Waals surface area (Å²) in [5.41, 5.74) is -1.11. The van der Waals surface area contributed by atoms with Gasteiger partial charge in [0.15, 0.2) is 0 Å². The van der Waals surface area contributed by atoms with Crippen LogP contribution in [0.2, 0.25) is 0 Å². The van der Waals surface area contributed by atoms with Gasteiger partial charge in [0.25, 0.3) is 0 Å². The zero-order chi connectivity index (χ0) is 18.7. The minimum Gasteiger partial charge on any atom is -0.480 e. The molecule has 0 bridgehead atoms. The lowest BCUT2D eigenvalue weighted by Gasteiger charge is -2.39. The molecule has 2 heterocycles. The first kappa shape index (κ1) is 18.1. The van der Waals surface area contributed by atoms with Gasteiger partial charge < -0.3 is 25.4 Å². The summed E-state index contributed by atoms with van der Waals surface area (Å²) in [4.78, 5) is 38.1. The number of urea groups is 1. The van der Waals surface area contributed by atoms with Gasteiger partial charge in [0.05, 0.1) is 0 Å². The summed E-state index contributed by atoms with van der Waals surface area (Å²) in [6, 6.07) is 3.76. The van der Waals surface area contributed by atoms with Gasteiger partial charge in [0.1, 0.15) is 17.4 Å². The molecule has 8 nitrogen and oxygen atoms in total. The summed E-state index contributed by atoms with van der Waals surface area (Å²) >= 11 is 0. The number of halogens is 1. The van der Waals surface area contributed by atoms with Gasteiger partial charge in [0.2, 0.25) is 5.91 Å². The van der Waals surface area contributed by atoms with Crippen molar-refractivity contribution in [1.82, 2.24) is 15.5 Å². The molecule has 0 spiro atoms. The number of hydrogen-bond acceptors (Lipinski definition) is 4. The summed E-state index contributed by atoms with van der Waals surface area (Å²) in [5.74, 6) is -2.10. The van der Waals surface area contributed by atoms with Crippen molar-refractivity contribution in [2.75, 3.05) is 26.3 Å². The second-order valence-corrected chi connectivity index (χ2v) is 6.37. The second-order valence-electron chi connectivity index (χ2n) is 6.37. The van der Waals surface area contributed by atoms with E-state index in [1.165, 1.54) is 23.1 Å². The van der Waals surface area contributed by atoms with E-state index in [9.17, 15) is 23.9 Å². The number of benzene rings is 1. The molecule has 1 aromatic rings. The van der Waals surface area contributed by atoms with Gasteiger partial charge in [-0.3, -0.25) is 4.79 Å². The summed E-state index contributed by atoms with van der Waals surface area (Å²) < 4.78 is 18.8. The van der Waals surface area contributed by atoms with E-state index in [1.807, 2.05) is 0 Å². The lowest BCUT2D eigenvalue weighted by molar-refractivity contribution is -0.148. The molecule has 2 saturated heterocycles. The van der Waals surface area contributed by atoms with Crippen LogP contribution in [0.1, 0.15) is 24.4 Å². The quantitative estimate of drug-likeness (QED) is 0.729. The molecule has 2 aliphatic heterocycles. The zero-order valence-corrected chi connectivity index (χ0v) is 14.0. The zero-order valence-electron chi connectivity index (χ0n) is 14.0. The number of carbonyl (C=O) groups excluding carboxylic acids is 2. The van der Waals surface area contributed by atoms with E-state index in [-0.39, 0.29) is 39.1 Å². The summed E-state index contributed by atoms with van der Waals surface area (Å²) in [7, 11) is 0. The highest BCUT2D eigenvalue weighted by molar-refractivity contribution is 5.91. The highest BCUT2D eigenvalue weighted by Gasteiger charge is 2.44. The molecule has 1 aromatic carbocycles. The Morgan fingerprint density at radius 2 is 2.08 bits per heavy atom. The molecule has 0 aromatic heterocycles. The molecule has 1 atom stereocenters. The van der Waals surface area contributed by atoms with Crippen molar-refractivity contribution in [3.8, 4) is 0 Å². The number of ether oxygens (including phenoxy) is 1. The smallest absolute Gasteiger partial charge is 0.329 e. The summed E-state index contributed by atoms with van der Waals surface area (Å²) in [6.07, 6.45) is 0.275. The number of piperazine rings is 1. The first-order chi connectivity index (χ1) is 12.4. The number of carbonyl (C=O) groups is 3. The van der Waals surface area contributed by atoms with E-state index in [2.05, 4.69) is 10.6 Å². The maximum Gasteiger partial charge on any atom is 0.329 e. The highest BCUT2D eigenvalue weighted by Crippen LogP contribution is 2.26. The van der Waals surface area contributed by atoms with Crippen molar-refractivity contribution in [3.63, 3.8) is 0 Å². The average molecular weight is 365 g/mol. The van der Waals surface area contributed by atoms with E-state index in [4.69, 9.17) is 4.74 Å². The fourth-order valence-electron chi connectivity index (χ4n) is 3.28. The van der Waals surface area contributed by atoms with Crippen LogP contribution in [-0.2, 0) is 14.3 Å². The monoisotopic (exact) mass is 365 g/mol. The number of hydrogen-bond donors (Lipinski definition) is 3. The minimum absolute atomic E-state index is 0.138. The Morgan fingerprint density at radius 3 is 2.73 bits per heavy atom. The van der Waals surface area contributed by atoms with Gasteiger partial charge in [-0.15, -0.1) is 0 Å². The normalized spacial score (nSPS) is 22.4. The van der Waals surface area contributed by atoms with Crippen LogP contribution in [0.4, 0.5) is 9.18 Å². The van der Waals surface area contributed by atoms with Crippen molar-refractivity contribution in [2.24, 2.45) is 0 Å². The van der Waals surface area contributed by atoms with Crippen LogP contribution in [0, 0.1) is 5.82 Å². The average Bonchev–Trinajstić information content (AvgIpc) is 2.62. The number of carboxylic acid groups (broad SMARTS) is 1. The van der Waals surface area contributed by atoms with Crippen LogP contribution < -0.4 is 10.6 Å². The summed E-state index contributed by atoms with van der Waals surface area (Å²) in [6.45, 7) is 0.868. The molecule has 3 rings (SSSR count). The fraction of sp³-hybridized carbons (Fsp3) is 0.471. The number of carboxylic acids is 1. The topological polar surface area (TPSA) is 108 Å². The lowest BCUT2D eigenvalue weighted by Crippen LogP contribution is -2.63. The van der Waals surface area contributed by atoms with E-state index >= 15 is 0 Å². The third-order valence-electron chi connectivity index (χ3n) is 4.74. The molecule has 3 amide bonds. The first-order valence-corrected chi connectivity index (χ1v) is 8.36. The molecule has 1 unspecified atom stereocenters. The first-order valence-electron chi connectivity index (χ1n) is 8.36. The van der Waals surface area contributed by atoms with Gasteiger partial charge in [-0.05, 0) is 17.7 Å². The van der Waals surface area contributed by atoms with Crippen LogP contribution in [0.3, 0.4) is 0 Å². The predicted molar refractivity (Wildman–Crippen MR) is 87.8 cm³/mol. The van der Waals surface area contributed by atoms with Crippen molar-refractivity contribution >= 4 is 17.9 Å². The molecule has 3 N–H and O–H groups in total. The Kier molecular flexibility index (Phi) is 5.08. The molecule has 140 valence electrons. The van der Waals surface area contributed by atoms with Crippen molar-refractivity contribution in [3.05, 3.63) is 35.6 Å². The number of amides is 3. The molecule has 0 radical (unpaired) electrons. The highest BCUT2D eigenvalue weighted by atomic mass is 19.1. The van der Waals surface area contributed by atoms with Crippen LogP contribution in [0.25, 0.3) is 0 Å². The molecule has 0 saturated carbocycles. The second kappa shape index (κ2) is 7.28. The molecule has 2 fully saturated rings. The van der Waals surface area contributed by atoms with E-state index in [1.54, 1.807) is 6.07 Å². The summed E-state index contributed by atoms with van der Waals surface area (Å²) in [5, 5.41) is 14.8. The van der Waals surface area contributed by atoms with E-state index in [0.29, 0.717) is 5.56 Å². The molecular weight excluding hydrogens is 345 g/mol. The van der Waals surface area contributed by atoms with Gasteiger partial charge >= 0.3 is 12.0 Å². The Bertz CT molecular complexity index is 720. The van der Waals surface area contributed by atoms with Crippen LogP contribution in [-0.4, -0.2) is 59.8 Å². The molecular formula is C17H20FN3O5. The molecule has 9 heteroatoms. The van der Waals surface area contributed by atoms with Crippen LogP contribution >= 0.6 is 0 Å². The lowest BCUT2D eigenvalue weighted by atomic mass is 9.90. The van der Waals surface area contributed by atoms with Gasteiger partial charge in [0, 0.05) is 39.1 Å². The van der Waals surface area contributed by atoms with E-state index < -0.39 is 35.3 Å². The standard InChI is InChI=1S/C17H20FN3O5/c18-12-3-1-2-11(10-12)13-14(22)19-6-7-21(13)16(25)20-17(15(23)24)4-8-26-9-5-17/h1-3,10,13H,4-9H2,(H,19,22)(H,20,25)(H,23,24).